The van der Waals surface area contributed by atoms with Crippen molar-refractivity contribution in [2.75, 3.05) is 14.2 Å². The van der Waals surface area contributed by atoms with Gasteiger partial charge >= 0.3 is 5.97 Å². The quantitative estimate of drug-likeness (QED) is 0.752. The summed E-state index contributed by atoms with van der Waals surface area (Å²) in [5.41, 5.74) is 1.09. The fourth-order valence-corrected chi connectivity index (χ4v) is 2.88. The molecule has 1 aromatic rings. The predicted molar refractivity (Wildman–Crippen MR) is 96.2 cm³/mol. The van der Waals surface area contributed by atoms with Crippen LogP contribution < -0.4 is 9.47 Å². The lowest BCUT2D eigenvalue weighted by Gasteiger charge is -2.17. The second-order valence-corrected chi connectivity index (χ2v) is 6.24. The summed E-state index contributed by atoms with van der Waals surface area (Å²) < 4.78 is 16.2. The summed E-state index contributed by atoms with van der Waals surface area (Å²) in [6.07, 6.45) is 7.69. The molecule has 0 amide bonds. The van der Waals surface area contributed by atoms with E-state index in [9.17, 15) is 9.59 Å². The molecule has 25 heavy (non-hydrogen) atoms. The molecule has 0 unspecified atom stereocenters. The van der Waals surface area contributed by atoms with E-state index in [2.05, 4.69) is 0 Å². The molecule has 5 nitrogen and oxygen atoms in total. The molecule has 1 atom stereocenters. The van der Waals surface area contributed by atoms with Gasteiger partial charge < -0.3 is 14.2 Å². The van der Waals surface area contributed by atoms with Crippen LogP contribution in [0, 0.1) is 0 Å². The minimum atomic E-state index is -0.421. The van der Waals surface area contributed by atoms with Crippen molar-refractivity contribution in [3.63, 3.8) is 0 Å². The Kier molecular flexibility index (Phi) is 7.04. The van der Waals surface area contributed by atoms with Gasteiger partial charge in [0.05, 0.1) is 20.3 Å². The first kappa shape index (κ1) is 19.0. The molecule has 0 radical (unpaired) electrons. The number of cyclic esters (lactones) is 1. The molecule has 136 valence electrons. The number of hydrogen-bond acceptors (Lipinski definition) is 5. The lowest BCUT2D eigenvalue weighted by molar-refractivity contribution is -0.119. The summed E-state index contributed by atoms with van der Waals surface area (Å²) in [6, 6.07) is 3.47. The molecule has 1 aliphatic rings. The topological polar surface area (TPSA) is 61.8 Å². The number of fused-ring (bicyclic) bond motifs is 1. The van der Waals surface area contributed by atoms with Crippen LogP contribution in [0.3, 0.4) is 0 Å². The number of benzene rings is 1. The standard InChI is InChI=1S/C20H26O5/c1-14-8-7-11-16(21)10-6-4-5-9-15-12-17(23-2)13-18(24-3)19(15)20(22)25-14/h5,9,12-14H,4,6-8,10-11H2,1-3H3/t14-/m1/s1. The van der Waals surface area contributed by atoms with Crippen LogP contribution in [-0.2, 0) is 9.53 Å². The second kappa shape index (κ2) is 9.25. The maximum Gasteiger partial charge on any atom is 0.342 e. The van der Waals surface area contributed by atoms with E-state index in [0.29, 0.717) is 41.9 Å². The van der Waals surface area contributed by atoms with Crippen LogP contribution in [0.4, 0.5) is 0 Å². The van der Waals surface area contributed by atoms with Gasteiger partial charge in [-0.05, 0) is 44.2 Å². The smallest absolute Gasteiger partial charge is 0.342 e. The van der Waals surface area contributed by atoms with Crippen LogP contribution in [0.2, 0.25) is 0 Å². The molecule has 0 bridgehead atoms. The maximum atomic E-state index is 12.7. The summed E-state index contributed by atoms with van der Waals surface area (Å²) in [4.78, 5) is 24.5. The van der Waals surface area contributed by atoms with Crippen LogP contribution in [0.1, 0.15) is 61.4 Å². The molecule has 0 fully saturated rings. The van der Waals surface area contributed by atoms with Gasteiger partial charge in [-0.2, -0.15) is 0 Å². The molecule has 0 N–H and O–H groups in total. The van der Waals surface area contributed by atoms with E-state index in [-0.39, 0.29) is 11.9 Å². The number of ketones is 1. The van der Waals surface area contributed by atoms with Crippen LogP contribution >= 0.6 is 0 Å². The number of rotatable bonds is 2. The third kappa shape index (κ3) is 5.34. The molecule has 0 saturated heterocycles. The van der Waals surface area contributed by atoms with Crippen LogP contribution in [0.5, 0.6) is 11.5 Å². The van der Waals surface area contributed by atoms with E-state index < -0.39 is 5.97 Å². The normalized spacial score (nSPS) is 19.6. The molecular weight excluding hydrogens is 320 g/mol. The van der Waals surface area contributed by atoms with E-state index in [0.717, 1.165) is 19.3 Å². The zero-order chi connectivity index (χ0) is 18.2. The van der Waals surface area contributed by atoms with Gasteiger partial charge in [0.2, 0.25) is 0 Å². The van der Waals surface area contributed by atoms with Gasteiger partial charge in [-0.1, -0.05) is 12.2 Å². The van der Waals surface area contributed by atoms with Gasteiger partial charge in [0.25, 0.3) is 0 Å². The van der Waals surface area contributed by atoms with Gasteiger partial charge in [0, 0.05) is 18.9 Å². The number of carbonyl (C=O) groups excluding carboxylic acids is 2. The summed E-state index contributed by atoms with van der Waals surface area (Å²) >= 11 is 0. The van der Waals surface area contributed by atoms with E-state index >= 15 is 0 Å². The Bertz CT molecular complexity index is 648. The number of esters is 1. The van der Waals surface area contributed by atoms with E-state index in [4.69, 9.17) is 14.2 Å². The molecule has 1 heterocycles. The van der Waals surface area contributed by atoms with Gasteiger partial charge in [-0.3, -0.25) is 4.79 Å². The first-order valence-electron chi connectivity index (χ1n) is 8.70. The highest BCUT2D eigenvalue weighted by molar-refractivity contribution is 5.97. The van der Waals surface area contributed by atoms with Crippen molar-refractivity contribution in [1.82, 2.24) is 0 Å². The highest BCUT2D eigenvalue weighted by atomic mass is 16.5. The summed E-state index contributed by atoms with van der Waals surface area (Å²) in [5, 5.41) is 0. The first-order chi connectivity index (χ1) is 12.0. The molecule has 1 aromatic carbocycles. The number of methoxy groups -OCH3 is 2. The Balaban J connectivity index is 2.39. The predicted octanol–water partition coefficient (Wildman–Crippen LogP) is 4.19. The Morgan fingerprint density at radius 1 is 1.08 bits per heavy atom. The summed E-state index contributed by atoms with van der Waals surface area (Å²) in [5.74, 6) is 0.888. The van der Waals surface area contributed by atoms with Gasteiger partial charge in [-0.15, -0.1) is 0 Å². The van der Waals surface area contributed by atoms with E-state index in [1.54, 1.807) is 19.2 Å². The SMILES string of the molecule is COc1cc2c(c(OC)c1)C(=O)O[C@H](C)CCCC(=O)CCCC=C2. The van der Waals surface area contributed by atoms with Crippen LogP contribution in [-0.4, -0.2) is 32.1 Å². The highest BCUT2D eigenvalue weighted by Crippen LogP contribution is 2.31. The van der Waals surface area contributed by atoms with Crippen LogP contribution in [0.15, 0.2) is 18.2 Å². The minimum absolute atomic E-state index is 0.258. The summed E-state index contributed by atoms with van der Waals surface area (Å²) in [6.45, 7) is 1.85. The van der Waals surface area contributed by atoms with Gasteiger partial charge in [0.1, 0.15) is 22.8 Å². The Hall–Kier alpha value is -2.30. The third-order valence-corrected chi connectivity index (χ3v) is 4.26. The molecular formula is C20H26O5. The third-order valence-electron chi connectivity index (χ3n) is 4.26. The van der Waals surface area contributed by atoms with E-state index in [1.807, 2.05) is 19.1 Å². The molecule has 0 aromatic heterocycles. The van der Waals surface area contributed by atoms with Crippen LogP contribution in [0.25, 0.3) is 6.08 Å². The van der Waals surface area contributed by atoms with Crippen molar-refractivity contribution in [2.45, 2.75) is 51.6 Å². The zero-order valence-corrected chi connectivity index (χ0v) is 15.2. The first-order valence-corrected chi connectivity index (χ1v) is 8.70. The number of allylic oxidation sites excluding steroid dienone is 1. The lowest BCUT2D eigenvalue weighted by atomic mass is 10.0. The van der Waals surface area contributed by atoms with Crippen molar-refractivity contribution in [3.05, 3.63) is 29.3 Å². The number of Topliss-reactive ketones (excluding diaryl/α,β-unsaturated/α-hetero) is 1. The summed E-state index contributed by atoms with van der Waals surface area (Å²) in [7, 11) is 3.09. The molecule has 1 aliphatic heterocycles. The monoisotopic (exact) mass is 346 g/mol. The van der Waals surface area contributed by atoms with Crippen molar-refractivity contribution >= 4 is 17.8 Å². The van der Waals surface area contributed by atoms with Crippen molar-refractivity contribution in [1.29, 1.82) is 0 Å². The maximum absolute atomic E-state index is 12.7. The van der Waals surface area contributed by atoms with Crippen molar-refractivity contribution in [2.24, 2.45) is 0 Å². The molecule has 2 rings (SSSR count). The Morgan fingerprint density at radius 3 is 2.56 bits per heavy atom. The number of carbonyl (C=O) groups is 2. The van der Waals surface area contributed by atoms with Crippen molar-refractivity contribution in [3.8, 4) is 11.5 Å². The zero-order valence-electron chi connectivity index (χ0n) is 15.2. The molecule has 0 aliphatic carbocycles. The van der Waals surface area contributed by atoms with E-state index in [1.165, 1.54) is 7.11 Å². The van der Waals surface area contributed by atoms with Gasteiger partial charge in [0.15, 0.2) is 0 Å². The highest BCUT2D eigenvalue weighted by Gasteiger charge is 2.21. The fourth-order valence-electron chi connectivity index (χ4n) is 2.88. The molecule has 5 heteroatoms. The number of ether oxygens (including phenoxy) is 3. The minimum Gasteiger partial charge on any atom is -0.497 e. The molecule has 0 spiro atoms. The van der Waals surface area contributed by atoms with Gasteiger partial charge in [-0.25, -0.2) is 4.79 Å². The molecule has 0 saturated carbocycles. The fraction of sp³-hybridized carbons (Fsp3) is 0.500. The Labute approximate surface area is 149 Å². The average molecular weight is 346 g/mol. The Morgan fingerprint density at radius 2 is 1.84 bits per heavy atom. The lowest BCUT2D eigenvalue weighted by Crippen LogP contribution is -2.17. The average Bonchev–Trinajstić information content (AvgIpc) is 2.59. The largest absolute Gasteiger partial charge is 0.497 e. The van der Waals surface area contributed by atoms with Crippen molar-refractivity contribution < 1.29 is 23.8 Å². The number of hydrogen-bond donors (Lipinski definition) is 0. The second-order valence-electron chi connectivity index (χ2n) is 6.24.